The minimum absolute atomic E-state index is 0.0159. The van der Waals surface area contributed by atoms with Gasteiger partial charge in [-0.25, -0.2) is 16.8 Å². The van der Waals surface area contributed by atoms with E-state index in [0.29, 0.717) is 5.56 Å². The number of benzene rings is 1. The smallest absolute Gasteiger partial charge is 0.175 e. The third kappa shape index (κ3) is 4.93. The number of hydrogen-bond donors (Lipinski definition) is 0. The molecule has 7 heteroatoms. The Hall–Kier alpha value is -0.920. The second-order valence-electron chi connectivity index (χ2n) is 4.72. The van der Waals surface area contributed by atoms with Crippen molar-refractivity contribution in [3.63, 3.8) is 0 Å². The van der Waals surface area contributed by atoms with E-state index in [1.54, 1.807) is 0 Å². The predicted molar refractivity (Wildman–Crippen MR) is 72.6 cm³/mol. The minimum Gasteiger partial charge on any atom is -0.374 e. The average molecular weight is 306 g/mol. The number of rotatable bonds is 5. The monoisotopic (exact) mass is 306 g/mol. The number of ether oxygens (including phenoxy) is 1. The molecule has 0 amide bonds. The van der Waals surface area contributed by atoms with Gasteiger partial charge >= 0.3 is 0 Å². The summed E-state index contributed by atoms with van der Waals surface area (Å²) >= 11 is 0. The van der Waals surface area contributed by atoms with Crippen LogP contribution in [0.3, 0.4) is 0 Å². The summed E-state index contributed by atoms with van der Waals surface area (Å²) in [5.74, 6) is 0. The van der Waals surface area contributed by atoms with Gasteiger partial charge in [-0.1, -0.05) is 0 Å². The maximum Gasteiger partial charge on any atom is 0.175 e. The van der Waals surface area contributed by atoms with Crippen LogP contribution in [0.2, 0.25) is 0 Å². The summed E-state index contributed by atoms with van der Waals surface area (Å²) in [6.45, 7) is 3.86. The molecule has 0 fully saturated rings. The first-order valence-corrected chi connectivity index (χ1v) is 9.44. The molecule has 0 aliphatic rings. The molecule has 108 valence electrons. The number of hydrogen-bond acceptors (Lipinski definition) is 5. The van der Waals surface area contributed by atoms with Crippen LogP contribution in [-0.2, 0) is 31.0 Å². The maximum absolute atomic E-state index is 11.6. The Balaban J connectivity index is 3.33. The van der Waals surface area contributed by atoms with E-state index in [2.05, 4.69) is 0 Å². The summed E-state index contributed by atoms with van der Waals surface area (Å²) in [6, 6.07) is 4.04. The van der Waals surface area contributed by atoms with Crippen molar-refractivity contribution in [1.29, 1.82) is 0 Å². The van der Waals surface area contributed by atoms with Crippen molar-refractivity contribution in [3.05, 3.63) is 23.8 Å². The lowest BCUT2D eigenvalue weighted by molar-refractivity contribution is 0.0655. The second-order valence-corrected chi connectivity index (χ2v) is 8.75. The summed E-state index contributed by atoms with van der Waals surface area (Å²) in [6.07, 6.45) is 2.06. The molecule has 0 heterocycles. The highest BCUT2D eigenvalue weighted by atomic mass is 32.2. The third-order valence-electron chi connectivity index (χ3n) is 2.38. The molecular formula is C12H18O5S2. The van der Waals surface area contributed by atoms with E-state index in [-0.39, 0.29) is 22.5 Å². The van der Waals surface area contributed by atoms with Crippen molar-refractivity contribution < 1.29 is 21.6 Å². The van der Waals surface area contributed by atoms with Gasteiger partial charge in [0.2, 0.25) is 0 Å². The molecular weight excluding hydrogens is 288 g/mol. The summed E-state index contributed by atoms with van der Waals surface area (Å²) in [7, 11) is -6.93. The number of sulfone groups is 2. The van der Waals surface area contributed by atoms with Crippen LogP contribution in [0.25, 0.3) is 0 Å². The molecule has 0 aliphatic heterocycles. The minimum atomic E-state index is -3.47. The lowest BCUT2D eigenvalue weighted by Crippen LogP contribution is -2.07. The topological polar surface area (TPSA) is 77.5 Å². The summed E-state index contributed by atoms with van der Waals surface area (Å²) in [4.78, 5) is -0.0319. The zero-order chi connectivity index (χ0) is 14.8. The van der Waals surface area contributed by atoms with Crippen molar-refractivity contribution in [3.8, 4) is 0 Å². The zero-order valence-corrected chi connectivity index (χ0v) is 13.0. The van der Waals surface area contributed by atoms with E-state index in [9.17, 15) is 16.8 Å². The van der Waals surface area contributed by atoms with Crippen molar-refractivity contribution in [2.75, 3.05) is 12.5 Å². The molecule has 0 saturated heterocycles. The fraction of sp³-hybridized carbons (Fsp3) is 0.500. The fourth-order valence-electron chi connectivity index (χ4n) is 1.41. The molecule has 0 atom stereocenters. The van der Waals surface area contributed by atoms with E-state index in [1.165, 1.54) is 18.2 Å². The second kappa shape index (κ2) is 5.60. The highest BCUT2D eigenvalue weighted by Crippen LogP contribution is 2.20. The van der Waals surface area contributed by atoms with Gasteiger partial charge in [0, 0.05) is 12.5 Å². The molecule has 0 saturated carbocycles. The van der Waals surface area contributed by atoms with Gasteiger partial charge in [-0.2, -0.15) is 0 Å². The van der Waals surface area contributed by atoms with Crippen LogP contribution in [0.5, 0.6) is 0 Å². The Bertz CT molecular complexity index is 607. The van der Waals surface area contributed by atoms with Crippen molar-refractivity contribution >= 4 is 19.7 Å². The molecule has 0 unspecified atom stereocenters. The molecule has 1 aromatic rings. The molecule has 1 rings (SSSR count). The van der Waals surface area contributed by atoms with Crippen molar-refractivity contribution in [2.45, 2.75) is 36.3 Å². The first-order valence-electron chi connectivity index (χ1n) is 5.66. The van der Waals surface area contributed by atoms with Gasteiger partial charge in [0.25, 0.3) is 0 Å². The molecule has 0 bridgehead atoms. The van der Waals surface area contributed by atoms with Crippen LogP contribution in [0.4, 0.5) is 0 Å². The molecule has 19 heavy (non-hydrogen) atoms. The predicted octanol–water partition coefficient (Wildman–Crippen LogP) is 1.42. The fourth-order valence-corrected chi connectivity index (χ4v) is 2.89. The first kappa shape index (κ1) is 16.1. The molecule has 0 aliphatic carbocycles. The normalized spacial score (nSPS) is 12.9. The molecule has 0 N–H and O–H groups in total. The first-order chi connectivity index (χ1) is 8.50. The highest BCUT2D eigenvalue weighted by Gasteiger charge is 2.15. The van der Waals surface area contributed by atoms with E-state index < -0.39 is 19.7 Å². The van der Waals surface area contributed by atoms with Gasteiger partial charge in [-0.05, 0) is 37.6 Å². The van der Waals surface area contributed by atoms with Crippen molar-refractivity contribution in [1.82, 2.24) is 0 Å². The third-order valence-corrected chi connectivity index (χ3v) is 4.56. The van der Waals surface area contributed by atoms with Gasteiger partial charge in [0.05, 0.1) is 22.5 Å². The standard InChI is InChI=1S/C12H18O5S2/c1-9(2)17-8-10-5-11(18(3,13)14)7-12(6-10)19(4,15)16/h5-7,9H,8H2,1-4H3. The molecule has 0 radical (unpaired) electrons. The van der Waals surface area contributed by atoms with E-state index >= 15 is 0 Å². The lowest BCUT2D eigenvalue weighted by Gasteiger charge is -2.10. The SMILES string of the molecule is CC(C)OCc1cc(S(C)(=O)=O)cc(S(C)(=O)=O)c1. The Morgan fingerprint density at radius 1 is 0.947 bits per heavy atom. The van der Waals surface area contributed by atoms with Gasteiger partial charge in [-0.3, -0.25) is 0 Å². The van der Waals surface area contributed by atoms with Gasteiger partial charge in [0.15, 0.2) is 19.7 Å². The van der Waals surface area contributed by atoms with Crippen LogP contribution in [-0.4, -0.2) is 35.5 Å². The summed E-state index contributed by atoms with van der Waals surface area (Å²) in [5.41, 5.74) is 0.525. The van der Waals surface area contributed by atoms with Crippen LogP contribution >= 0.6 is 0 Å². The largest absolute Gasteiger partial charge is 0.374 e. The van der Waals surface area contributed by atoms with E-state index in [4.69, 9.17) is 4.74 Å². The lowest BCUT2D eigenvalue weighted by atomic mass is 10.2. The van der Waals surface area contributed by atoms with Gasteiger partial charge < -0.3 is 4.74 Å². The van der Waals surface area contributed by atoms with Crippen LogP contribution in [0.15, 0.2) is 28.0 Å². The summed E-state index contributed by atoms with van der Waals surface area (Å²) < 4.78 is 51.6. The van der Waals surface area contributed by atoms with Gasteiger partial charge in [0.1, 0.15) is 0 Å². The van der Waals surface area contributed by atoms with E-state index in [0.717, 1.165) is 12.5 Å². The Kier molecular flexibility index (Phi) is 4.76. The Morgan fingerprint density at radius 3 is 1.68 bits per heavy atom. The molecule has 1 aromatic carbocycles. The molecule has 0 spiro atoms. The molecule has 0 aromatic heterocycles. The highest BCUT2D eigenvalue weighted by molar-refractivity contribution is 7.91. The zero-order valence-electron chi connectivity index (χ0n) is 11.4. The van der Waals surface area contributed by atoms with Gasteiger partial charge in [-0.15, -0.1) is 0 Å². The van der Waals surface area contributed by atoms with Crippen LogP contribution < -0.4 is 0 Å². The average Bonchev–Trinajstić information content (AvgIpc) is 2.23. The van der Waals surface area contributed by atoms with E-state index in [1.807, 2.05) is 13.8 Å². The molecule has 5 nitrogen and oxygen atoms in total. The van der Waals surface area contributed by atoms with Crippen LogP contribution in [0, 0.1) is 0 Å². The Morgan fingerprint density at radius 2 is 1.37 bits per heavy atom. The van der Waals surface area contributed by atoms with Crippen molar-refractivity contribution in [2.24, 2.45) is 0 Å². The maximum atomic E-state index is 11.6. The summed E-state index contributed by atoms with van der Waals surface area (Å²) in [5, 5.41) is 0. The van der Waals surface area contributed by atoms with Crippen LogP contribution in [0.1, 0.15) is 19.4 Å². The Labute approximate surface area is 114 Å². The quantitative estimate of drug-likeness (QED) is 0.822.